The second-order valence-corrected chi connectivity index (χ2v) is 6.33. The van der Waals surface area contributed by atoms with Crippen LogP contribution in [0.4, 0.5) is 0 Å². The molecule has 1 aromatic heterocycles. The molecule has 4 nitrogen and oxygen atoms in total. The van der Waals surface area contributed by atoms with Gasteiger partial charge in [-0.15, -0.1) is 0 Å². The van der Waals surface area contributed by atoms with Crippen LogP contribution in [0.1, 0.15) is 35.5 Å². The van der Waals surface area contributed by atoms with Crippen LogP contribution < -0.4 is 5.73 Å². The van der Waals surface area contributed by atoms with Crippen molar-refractivity contribution in [2.75, 3.05) is 0 Å². The SMILES string of the molecule is CC(C)N(Cc1ccc(Cl)c(Cl)c1)C(=O)c1ccnc(CN)c1. The van der Waals surface area contributed by atoms with Crippen molar-refractivity contribution in [2.45, 2.75) is 33.0 Å². The van der Waals surface area contributed by atoms with Crippen molar-refractivity contribution in [3.63, 3.8) is 0 Å². The summed E-state index contributed by atoms with van der Waals surface area (Å²) in [4.78, 5) is 18.7. The predicted octanol–water partition coefficient (Wildman–Crippen LogP) is 3.90. The fourth-order valence-corrected chi connectivity index (χ4v) is 2.53. The minimum Gasteiger partial charge on any atom is -0.332 e. The number of aromatic nitrogens is 1. The van der Waals surface area contributed by atoms with Crippen molar-refractivity contribution in [3.05, 3.63) is 63.4 Å². The van der Waals surface area contributed by atoms with Gasteiger partial charge in [-0.25, -0.2) is 0 Å². The first-order chi connectivity index (χ1) is 10.9. The third-order valence-corrected chi connectivity index (χ3v) is 4.23. The monoisotopic (exact) mass is 351 g/mol. The van der Waals surface area contributed by atoms with E-state index in [0.29, 0.717) is 34.4 Å². The van der Waals surface area contributed by atoms with E-state index in [-0.39, 0.29) is 11.9 Å². The van der Waals surface area contributed by atoms with Gasteiger partial charge in [0.1, 0.15) is 0 Å². The zero-order chi connectivity index (χ0) is 17.0. The highest BCUT2D eigenvalue weighted by molar-refractivity contribution is 6.42. The molecule has 2 aromatic rings. The van der Waals surface area contributed by atoms with Crippen LogP contribution in [0.2, 0.25) is 10.0 Å². The predicted molar refractivity (Wildman–Crippen MR) is 93.6 cm³/mol. The molecule has 6 heteroatoms. The number of rotatable bonds is 5. The van der Waals surface area contributed by atoms with Gasteiger partial charge < -0.3 is 10.6 Å². The third-order valence-electron chi connectivity index (χ3n) is 3.49. The number of pyridine rings is 1. The van der Waals surface area contributed by atoms with Crippen molar-refractivity contribution in [2.24, 2.45) is 5.73 Å². The number of hydrogen-bond acceptors (Lipinski definition) is 3. The average molecular weight is 352 g/mol. The first kappa shape index (κ1) is 17.7. The Labute approximate surface area is 146 Å². The van der Waals surface area contributed by atoms with Crippen LogP contribution in [0.25, 0.3) is 0 Å². The Hall–Kier alpha value is -1.62. The third kappa shape index (κ3) is 4.44. The van der Waals surface area contributed by atoms with Gasteiger partial charge in [-0.2, -0.15) is 0 Å². The number of nitrogens with zero attached hydrogens (tertiary/aromatic N) is 2. The molecule has 0 saturated carbocycles. The summed E-state index contributed by atoms with van der Waals surface area (Å²) >= 11 is 12.0. The zero-order valence-electron chi connectivity index (χ0n) is 13.1. The van der Waals surface area contributed by atoms with Crippen LogP contribution in [0.3, 0.4) is 0 Å². The van der Waals surface area contributed by atoms with Crippen molar-refractivity contribution in [1.82, 2.24) is 9.88 Å². The van der Waals surface area contributed by atoms with Crippen LogP contribution >= 0.6 is 23.2 Å². The van der Waals surface area contributed by atoms with E-state index >= 15 is 0 Å². The average Bonchev–Trinajstić information content (AvgIpc) is 2.55. The number of benzene rings is 1. The van der Waals surface area contributed by atoms with Crippen molar-refractivity contribution < 1.29 is 4.79 Å². The lowest BCUT2D eigenvalue weighted by Gasteiger charge is -2.27. The molecule has 122 valence electrons. The summed E-state index contributed by atoms with van der Waals surface area (Å²) in [6.45, 7) is 4.70. The Morgan fingerprint density at radius 1 is 1.22 bits per heavy atom. The van der Waals surface area contributed by atoms with Crippen LogP contribution in [0.5, 0.6) is 0 Å². The largest absolute Gasteiger partial charge is 0.332 e. The first-order valence-electron chi connectivity index (χ1n) is 7.32. The molecule has 0 aliphatic heterocycles. The van der Waals surface area contributed by atoms with Crippen LogP contribution in [-0.2, 0) is 13.1 Å². The smallest absolute Gasteiger partial charge is 0.254 e. The molecule has 0 fully saturated rings. The summed E-state index contributed by atoms with van der Waals surface area (Å²) in [5.41, 5.74) is 7.79. The maximum absolute atomic E-state index is 12.8. The van der Waals surface area contributed by atoms with Gasteiger partial charge >= 0.3 is 0 Å². The van der Waals surface area contributed by atoms with Crippen LogP contribution in [-0.4, -0.2) is 21.8 Å². The molecule has 0 aliphatic rings. The highest BCUT2D eigenvalue weighted by Gasteiger charge is 2.20. The standard InChI is InChI=1S/C17H19Cl2N3O/c1-11(2)22(10-12-3-4-15(18)16(19)7-12)17(23)13-5-6-21-14(8-13)9-20/h3-8,11H,9-10,20H2,1-2H3. The van der Waals surface area contributed by atoms with E-state index < -0.39 is 0 Å². The summed E-state index contributed by atoms with van der Waals surface area (Å²) in [6.07, 6.45) is 1.60. The highest BCUT2D eigenvalue weighted by Crippen LogP contribution is 2.24. The number of amides is 1. The van der Waals surface area contributed by atoms with Gasteiger partial charge in [-0.05, 0) is 43.7 Å². The quantitative estimate of drug-likeness (QED) is 0.888. The number of nitrogens with two attached hydrogens (primary N) is 1. The fraction of sp³-hybridized carbons (Fsp3) is 0.294. The van der Waals surface area contributed by atoms with E-state index in [4.69, 9.17) is 28.9 Å². The molecule has 0 bridgehead atoms. The fourth-order valence-electron chi connectivity index (χ4n) is 2.21. The minimum absolute atomic E-state index is 0.0337. The van der Waals surface area contributed by atoms with E-state index in [1.807, 2.05) is 19.9 Å². The molecule has 2 rings (SSSR count). The van der Waals surface area contributed by atoms with Crippen molar-refractivity contribution in [1.29, 1.82) is 0 Å². The van der Waals surface area contributed by atoms with E-state index in [1.165, 1.54) is 0 Å². The molecule has 0 radical (unpaired) electrons. The molecule has 2 N–H and O–H groups in total. The number of hydrogen-bond donors (Lipinski definition) is 1. The Balaban J connectivity index is 2.26. The Kier molecular flexibility index (Phi) is 5.99. The molecule has 0 saturated heterocycles. The lowest BCUT2D eigenvalue weighted by Crippen LogP contribution is -2.36. The Morgan fingerprint density at radius 3 is 2.57 bits per heavy atom. The van der Waals surface area contributed by atoms with Gasteiger partial charge in [-0.1, -0.05) is 29.3 Å². The lowest BCUT2D eigenvalue weighted by molar-refractivity contribution is 0.0690. The van der Waals surface area contributed by atoms with E-state index in [1.54, 1.807) is 35.4 Å². The van der Waals surface area contributed by atoms with Gasteiger partial charge in [0.05, 0.1) is 15.7 Å². The molecule has 1 heterocycles. The molecular formula is C17H19Cl2N3O. The van der Waals surface area contributed by atoms with Gasteiger partial charge in [0.15, 0.2) is 0 Å². The molecule has 0 spiro atoms. The molecular weight excluding hydrogens is 333 g/mol. The lowest BCUT2D eigenvalue weighted by atomic mass is 10.1. The second-order valence-electron chi connectivity index (χ2n) is 5.52. The molecule has 0 aliphatic carbocycles. The van der Waals surface area contributed by atoms with Crippen LogP contribution in [0, 0.1) is 0 Å². The second kappa shape index (κ2) is 7.77. The van der Waals surface area contributed by atoms with Crippen LogP contribution in [0.15, 0.2) is 36.5 Å². The minimum atomic E-state index is -0.0665. The molecule has 23 heavy (non-hydrogen) atoms. The van der Waals surface area contributed by atoms with Gasteiger partial charge in [0, 0.05) is 30.9 Å². The number of halogens is 2. The Morgan fingerprint density at radius 2 is 1.96 bits per heavy atom. The zero-order valence-corrected chi connectivity index (χ0v) is 14.6. The topological polar surface area (TPSA) is 59.2 Å². The van der Waals surface area contributed by atoms with Crippen molar-refractivity contribution >= 4 is 29.1 Å². The molecule has 0 unspecified atom stereocenters. The highest BCUT2D eigenvalue weighted by atomic mass is 35.5. The molecule has 1 amide bonds. The summed E-state index contributed by atoms with van der Waals surface area (Å²) < 4.78 is 0. The summed E-state index contributed by atoms with van der Waals surface area (Å²) in [6, 6.07) is 8.85. The summed E-state index contributed by atoms with van der Waals surface area (Å²) in [5, 5.41) is 0.981. The normalized spacial score (nSPS) is 10.9. The molecule has 1 aromatic carbocycles. The van der Waals surface area contributed by atoms with Gasteiger partial charge in [0.25, 0.3) is 5.91 Å². The van der Waals surface area contributed by atoms with E-state index in [2.05, 4.69) is 4.98 Å². The van der Waals surface area contributed by atoms with Crippen molar-refractivity contribution in [3.8, 4) is 0 Å². The van der Waals surface area contributed by atoms with Gasteiger partial charge in [-0.3, -0.25) is 9.78 Å². The number of carbonyl (C=O) groups is 1. The van der Waals surface area contributed by atoms with E-state index in [9.17, 15) is 4.79 Å². The summed E-state index contributed by atoms with van der Waals surface area (Å²) in [7, 11) is 0. The first-order valence-corrected chi connectivity index (χ1v) is 8.08. The maximum Gasteiger partial charge on any atom is 0.254 e. The number of carbonyl (C=O) groups excluding carboxylic acids is 1. The maximum atomic E-state index is 12.8. The van der Waals surface area contributed by atoms with Gasteiger partial charge in [0.2, 0.25) is 0 Å². The van der Waals surface area contributed by atoms with E-state index in [0.717, 1.165) is 5.56 Å². The molecule has 0 atom stereocenters. The summed E-state index contributed by atoms with van der Waals surface area (Å²) in [5.74, 6) is -0.0665. The Bertz CT molecular complexity index is 704.